The average Bonchev–Trinajstić information content (AvgIpc) is 2.94. The number of methoxy groups -OCH3 is 1. The van der Waals surface area contributed by atoms with Crippen molar-refractivity contribution in [3.05, 3.63) is 47.9 Å². The Hall–Kier alpha value is -2.43. The van der Waals surface area contributed by atoms with Gasteiger partial charge in [-0.25, -0.2) is 4.79 Å². The lowest BCUT2D eigenvalue weighted by atomic mass is 10.1. The van der Waals surface area contributed by atoms with E-state index in [0.29, 0.717) is 11.3 Å². The monoisotopic (exact) mass is 260 g/mol. The van der Waals surface area contributed by atoms with Crippen LogP contribution in [0.15, 0.2) is 41.0 Å². The summed E-state index contributed by atoms with van der Waals surface area (Å²) in [5.41, 5.74) is 7.58. The van der Waals surface area contributed by atoms with Crippen LogP contribution in [0.25, 0.3) is 0 Å². The molecule has 0 fully saturated rings. The quantitative estimate of drug-likeness (QED) is 0.653. The van der Waals surface area contributed by atoms with Crippen molar-refractivity contribution >= 4 is 17.3 Å². The van der Waals surface area contributed by atoms with Crippen LogP contribution >= 0.6 is 0 Å². The number of rotatable bonds is 4. The Bertz CT molecular complexity index is 564. The molecule has 0 spiro atoms. The molecule has 1 atom stereocenters. The zero-order chi connectivity index (χ0) is 13.8. The maximum Gasteiger partial charge on any atom is 0.337 e. The second-order valence-corrected chi connectivity index (χ2v) is 4.18. The highest BCUT2D eigenvalue weighted by molar-refractivity contribution is 5.91. The van der Waals surface area contributed by atoms with Crippen LogP contribution < -0.4 is 11.1 Å². The fraction of sp³-hybridized carbons (Fsp3) is 0.214. The molecule has 0 bridgehead atoms. The lowest BCUT2D eigenvalue weighted by molar-refractivity contribution is 0.0601. The molecule has 2 rings (SSSR count). The van der Waals surface area contributed by atoms with Crippen molar-refractivity contribution in [2.24, 2.45) is 0 Å². The number of esters is 1. The van der Waals surface area contributed by atoms with Gasteiger partial charge in [0.1, 0.15) is 5.76 Å². The lowest BCUT2D eigenvalue weighted by Gasteiger charge is -2.15. The molecule has 1 heterocycles. The van der Waals surface area contributed by atoms with Crippen molar-refractivity contribution in [1.29, 1.82) is 0 Å². The van der Waals surface area contributed by atoms with E-state index in [-0.39, 0.29) is 6.04 Å². The molecule has 0 aliphatic heterocycles. The van der Waals surface area contributed by atoms with E-state index in [1.165, 1.54) is 7.11 Å². The van der Waals surface area contributed by atoms with E-state index in [4.69, 9.17) is 10.2 Å². The van der Waals surface area contributed by atoms with Crippen LogP contribution in [0.3, 0.4) is 0 Å². The first kappa shape index (κ1) is 13.0. The van der Waals surface area contributed by atoms with E-state index >= 15 is 0 Å². The third kappa shape index (κ3) is 2.88. The van der Waals surface area contributed by atoms with Gasteiger partial charge in [0.15, 0.2) is 0 Å². The van der Waals surface area contributed by atoms with Gasteiger partial charge in [-0.15, -0.1) is 0 Å². The van der Waals surface area contributed by atoms with E-state index in [1.54, 1.807) is 24.5 Å². The summed E-state index contributed by atoms with van der Waals surface area (Å²) < 4.78 is 9.95. The second-order valence-electron chi connectivity index (χ2n) is 4.18. The number of hydrogen-bond donors (Lipinski definition) is 2. The summed E-state index contributed by atoms with van der Waals surface area (Å²) in [4.78, 5) is 11.4. The number of carbonyl (C=O) groups is 1. The number of furan rings is 1. The average molecular weight is 260 g/mol. The standard InChI is InChI=1S/C14H16N2O3/c1-9(13-4-3-7-19-13)16-12-6-5-10(8-11(12)15)14(17)18-2/h3-9,16H,15H2,1-2H3. The Balaban J connectivity index is 2.15. The van der Waals surface area contributed by atoms with Gasteiger partial charge >= 0.3 is 5.97 Å². The Morgan fingerprint density at radius 1 is 1.42 bits per heavy atom. The van der Waals surface area contributed by atoms with E-state index in [0.717, 1.165) is 11.4 Å². The predicted octanol–water partition coefficient (Wildman–Crippen LogP) is 2.82. The van der Waals surface area contributed by atoms with Crippen molar-refractivity contribution < 1.29 is 13.9 Å². The number of benzene rings is 1. The molecular weight excluding hydrogens is 244 g/mol. The second kappa shape index (κ2) is 5.48. The molecule has 3 N–H and O–H groups in total. The molecule has 5 nitrogen and oxygen atoms in total. The lowest BCUT2D eigenvalue weighted by Crippen LogP contribution is -2.09. The van der Waals surface area contributed by atoms with Crippen LogP contribution in [0.2, 0.25) is 0 Å². The zero-order valence-corrected chi connectivity index (χ0v) is 10.8. The van der Waals surface area contributed by atoms with Crippen molar-refractivity contribution in [2.45, 2.75) is 13.0 Å². The summed E-state index contributed by atoms with van der Waals surface area (Å²) in [5, 5.41) is 3.23. The van der Waals surface area contributed by atoms with Gasteiger partial charge in [0.25, 0.3) is 0 Å². The molecule has 0 radical (unpaired) electrons. The molecule has 0 amide bonds. The first-order valence-electron chi connectivity index (χ1n) is 5.89. The molecule has 100 valence electrons. The van der Waals surface area contributed by atoms with Crippen LogP contribution in [-0.2, 0) is 4.74 Å². The summed E-state index contributed by atoms with van der Waals surface area (Å²) in [6.07, 6.45) is 1.62. The summed E-state index contributed by atoms with van der Waals surface area (Å²) in [6, 6.07) is 8.71. The number of nitrogens with two attached hydrogens (primary N) is 1. The predicted molar refractivity (Wildman–Crippen MR) is 72.9 cm³/mol. The summed E-state index contributed by atoms with van der Waals surface area (Å²) in [6.45, 7) is 1.96. The van der Waals surface area contributed by atoms with Crippen LogP contribution in [0, 0.1) is 0 Å². The van der Waals surface area contributed by atoms with Crippen LogP contribution in [0.5, 0.6) is 0 Å². The molecule has 0 saturated heterocycles. The summed E-state index contributed by atoms with van der Waals surface area (Å²) >= 11 is 0. The number of nitrogen functional groups attached to an aromatic ring is 1. The highest BCUT2D eigenvalue weighted by Gasteiger charge is 2.12. The Morgan fingerprint density at radius 3 is 2.79 bits per heavy atom. The van der Waals surface area contributed by atoms with Gasteiger partial charge < -0.3 is 20.2 Å². The number of nitrogens with one attached hydrogen (secondary N) is 1. The molecule has 0 saturated carbocycles. The van der Waals surface area contributed by atoms with Crippen molar-refractivity contribution in [1.82, 2.24) is 0 Å². The minimum atomic E-state index is -0.405. The zero-order valence-electron chi connectivity index (χ0n) is 10.8. The number of hydrogen-bond acceptors (Lipinski definition) is 5. The Labute approximate surface area is 111 Å². The smallest absolute Gasteiger partial charge is 0.337 e. The number of ether oxygens (including phenoxy) is 1. The van der Waals surface area contributed by atoms with E-state index in [9.17, 15) is 4.79 Å². The fourth-order valence-corrected chi connectivity index (χ4v) is 1.78. The molecule has 1 aromatic heterocycles. The van der Waals surface area contributed by atoms with Crippen molar-refractivity contribution in [3.8, 4) is 0 Å². The van der Waals surface area contributed by atoms with Gasteiger partial charge in [0.2, 0.25) is 0 Å². The highest BCUT2D eigenvalue weighted by Crippen LogP contribution is 2.25. The minimum absolute atomic E-state index is 0.0127. The molecule has 1 aromatic carbocycles. The van der Waals surface area contributed by atoms with E-state index < -0.39 is 5.97 Å². The molecular formula is C14H16N2O3. The molecule has 5 heteroatoms. The molecule has 0 aliphatic rings. The molecule has 19 heavy (non-hydrogen) atoms. The molecule has 2 aromatic rings. The van der Waals surface area contributed by atoms with Crippen LogP contribution in [0.1, 0.15) is 29.1 Å². The summed E-state index contributed by atoms with van der Waals surface area (Å²) in [7, 11) is 1.34. The number of carbonyl (C=O) groups excluding carboxylic acids is 1. The maximum atomic E-state index is 11.4. The highest BCUT2D eigenvalue weighted by atomic mass is 16.5. The van der Waals surface area contributed by atoms with Crippen LogP contribution in [-0.4, -0.2) is 13.1 Å². The third-order valence-electron chi connectivity index (χ3n) is 2.81. The third-order valence-corrected chi connectivity index (χ3v) is 2.81. The first-order chi connectivity index (χ1) is 9.11. The van der Waals surface area contributed by atoms with Gasteiger partial charge in [0, 0.05) is 0 Å². The Morgan fingerprint density at radius 2 is 2.21 bits per heavy atom. The van der Waals surface area contributed by atoms with E-state index in [2.05, 4.69) is 10.1 Å². The van der Waals surface area contributed by atoms with Gasteiger partial charge in [-0.3, -0.25) is 0 Å². The normalized spacial score (nSPS) is 11.9. The maximum absolute atomic E-state index is 11.4. The van der Waals surface area contributed by atoms with Gasteiger partial charge in [-0.1, -0.05) is 0 Å². The molecule has 0 aliphatic carbocycles. The topological polar surface area (TPSA) is 77.5 Å². The van der Waals surface area contributed by atoms with Crippen molar-refractivity contribution in [3.63, 3.8) is 0 Å². The summed E-state index contributed by atoms with van der Waals surface area (Å²) in [5.74, 6) is 0.411. The largest absolute Gasteiger partial charge is 0.467 e. The first-order valence-corrected chi connectivity index (χ1v) is 5.89. The van der Waals surface area contributed by atoms with Gasteiger partial charge in [-0.2, -0.15) is 0 Å². The van der Waals surface area contributed by atoms with Crippen LogP contribution in [0.4, 0.5) is 11.4 Å². The number of anilines is 2. The fourth-order valence-electron chi connectivity index (χ4n) is 1.78. The van der Waals surface area contributed by atoms with Crippen molar-refractivity contribution in [2.75, 3.05) is 18.2 Å². The van der Waals surface area contributed by atoms with Gasteiger partial charge in [0.05, 0.1) is 36.4 Å². The van der Waals surface area contributed by atoms with Gasteiger partial charge in [-0.05, 0) is 37.3 Å². The molecule has 1 unspecified atom stereocenters. The minimum Gasteiger partial charge on any atom is -0.467 e. The van der Waals surface area contributed by atoms with E-state index in [1.807, 2.05) is 19.1 Å². The Kier molecular flexibility index (Phi) is 3.75. The SMILES string of the molecule is COC(=O)c1ccc(NC(C)c2ccco2)c(N)c1.